The predicted octanol–water partition coefficient (Wildman–Crippen LogP) is 1.66. The molecule has 0 spiro atoms. The monoisotopic (exact) mass is 291 g/mol. The van der Waals surface area contributed by atoms with E-state index in [1.54, 1.807) is 7.11 Å². The van der Waals surface area contributed by atoms with Crippen molar-refractivity contribution in [2.45, 2.75) is 25.5 Å². The van der Waals surface area contributed by atoms with Gasteiger partial charge in [0.05, 0.1) is 26.1 Å². The molecule has 2 aliphatic heterocycles. The van der Waals surface area contributed by atoms with Crippen molar-refractivity contribution in [3.8, 4) is 5.75 Å². The maximum absolute atomic E-state index is 11.0. The van der Waals surface area contributed by atoms with Gasteiger partial charge in [0.2, 0.25) is 5.91 Å². The van der Waals surface area contributed by atoms with E-state index in [2.05, 4.69) is 17.4 Å². The predicted molar refractivity (Wildman–Crippen MR) is 81.1 cm³/mol. The lowest BCUT2D eigenvalue weighted by molar-refractivity contribution is -0.134. The molecule has 2 saturated heterocycles. The number of hydrogen-bond acceptors (Lipinski definition) is 3. The van der Waals surface area contributed by atoms with Gasteiger partial charge < -0.3 is 14.8 Å². The minimum Gasteiger partial charge on any atom is -0.464 e. The number of amides is 1. The summed E-state index contributed by atoms with van der Waals surface area (Å²) in [7, 11) is 1.75. The summed E-state index contributed by atoms with van der Waals surface area (Å²) in [6.45, 7) is 3.96. The summed E-state index contributed by atoms with van der Waals surface area (Å²) < 4.78 is 12.2. The van der Waals surface area contributed by atoms with E-state index in [1.807, 2.05) is 12.1 Å². The van der Waals surface area contributed by atoms with E-state index in [1.165, 1.54) is 18.5 Å². The number of benzene rings is 1. The molecule has 0 radical (unpaired) electrons. The van der Waals surface area contributed by atoms with Crippen LogP contribution < -0.4 is 14.5 Å². The van der Waals surface area contributed by atoms with Gasteiger partial charge in [-0.25, -0.2) is 0 Å². The van der Waals surface area contributed by atoms with Crippen molar-refractivity contribution in [2.24, 2.45) is 0 Å². The summed E-state index contributed by atoms with van der Waals surface area (Å²) in [4.78, 5) is 11.0. The van der Waals surface area contributed by atoms with Crippen LogP contribution in [-0.4, -0.2) is 45.5 Å². The number of quaternary nitrogens is 1. The highest BCUT2D eigenvalue weighted by Gasteiger charge is 2.38. The van der Waals surface area contributed by atoms with Crippen LogP contribution in [0.25, 0.3) is 0 Å². The van der Waals surface area contributed by atoms with E-state index < -0.39 is 0 Å². The molecule has 0 aromatic heterocycles. The minimum absolute atomic E-state index is 0.0573. The molecule has 5 nitrogen and oxygen atoms in total. The topological polar surface area (TPSA) is 47.6 Å². The van der Waals surface area contributed by atoms with Crippen LogP contribution in [0.5, 0.6) is 5.75 Å². The molecule has 5 heteroatoms. The molecule has 1 aromatic carbocycles. The zero-order valence-electron chi connectivity index (χ0n) is 12.5. The number of rotatable bonds is 6. The van der Waals surface area contributed by atoms with Gasteiger partial charge in [-0.2, -0.15) is 0 Å². The molecule has 21 heavy (non-hydrogen) atoms. The average molecular weight is 291 g/mol. The molecular weight excluding hydrogens is 268 g/mol. The third-order valence-electron chi connectivity index (χ3n) is 4.48. The highest BCUT2D eigenvalue weighted by atomic mass is 16.5. The number of nitrogens with zero attached hydrogens (tertiary/aromatic N) is 1. The Bertz CT molecular complexity index is 504. The van der Waals surface area contributed by atoms with Crippen LogP contribution in [-0.2, 0) is 9.53 Å². The molecule has 1 unspecified atom stereocenters. The standard InChI is InChI=1S/C16H22N2O3/c1-20-11-10-18(8-4-5-9-18)13-6-2-3-7-14(13)21-16-12-15(19)17-16/h2-3,6-7,16H,4-5,8-12H2,1H3/p+1. The molecule has 1 N–H and O–H groups in total. The molecule has 0 bridgehead atoms. The molecule has 1 atom stereocenters. The van der Waals surface area contributed by atoms with E-state index in [0.717, 1.165) is 36.5 Å². The maximum atomic E-state index is 11.0. The lowest BCUT2D eigenvalue weighted by atomic mass is 10.2. The van der Waals surface area contributed by atoms with Gasteiger partial charge in [-0.1, -0.05) is 12.1 Å². The number of para-hydroxylation sites is 2. The van der Waals surface area contributed by atoms with Crippen LogP contribution in [0.1, 0.15) is 19.3 Å². The molecule has 1 aromatic rings. The van der Waals surface area contributed by atoms with Crippen LogP contribution in [0.15, 0.2) is 24.3 Å². The summed E-state index contributed by atoms with van der Waals surface area (Å²) in [5.74, 6) is 0.947. The molecule has 2 fully saturated rings. The molecule has 114 valence electrons. The van der Waals surface area contributed by atoms with Crippen molar-refractivity contribution in [2.75, 3.05) is 33.4 Å². The van der Waals surface area contributed by atoms with Gasteiger partial charge in [-0.05, 0) is 6.07 Å². The van der Waals surface area contributed by atoms with Crippen molar-refractivity contribution in [1.29, 1.82) is 0 Å². The lowest BCUT2D eigenvalue weighted by Gasteiger charge is -2.36. The first kappa shape index (κ1) is 14.4. The van der Waals surface area contributed by atoms with Gasteiger partial charge in [-0.15, -0.1) is 0 Å². The summed E-state index contributed by atoms with van der Waals surface area (Å²) in [5, 5.41) is 2.77. The number of carbonyl (C=O) groups is 1. The smallest absolute Gasteiger partial charge is 0.228 e. The zero-order valence-corrected chi connectivity index (χ0v) is 12.5. The van der Waals surface area contributed by atoms with Crippen LogP contribution in [0.2, 0.25) is 0 Å². The molecule has 1 amide bonds. The first-order valence-electron chi connectivity index (χ1n) is 7.64. The molecule has 2 aliphatic rings. The van der Waals surface area contributed by atoms with Crippen molar-refractivity contribution in [1.82, 2.24) is 9.80 Å². The van der Waals surface area contributed by atoms with Crippen LogP contribution >= 0.6 is 0 Å². The summed E-state index contributed by atoms with van der Waals surface area (Å²) >= 11 is 0. The molecule has 2 heterocycles. The fourth-order valence-electron chi connectivity index (χ4n) is 3.29. The normalized spacial score (nSPS) is 23.5. The Morgan fingerprint density at radius 3 is 2.67 bits per heavy atom. The van der Waals surface area contributed by atoms with E-state index in [4.69, 9.17) is 9.47 Å². The highest BCUT2D eigenvalue weighted by molar-refractivity contribution is 5.82. The van der Waals surface area contributed by atoms with Gasteiger partial charge in [0.15, 0.2) is 17.7 Å². The van der Waals surface area contributed by atoms with Gasteiger partial charge in [0, 0.05) is 26.0 Å². The first-order chi connectivity index (χ1) is 10.2. The fraction of sp³-hybridized carbons (Fsp3) is 0.562. The SMILES string of the molecule is COCC[N+]1(c2ccccc2OC2CC(=O)N2)CCCC1. The number of hydrogen-bond donors (Lipinski definition) is 1. The second-order valence-electron chi connectivity index (χ2n) is 5.86. The second-order valence-corrected chi connectivity index (χ2v) is 5.86. The third kappa shape index (κ3) is 2.89. The van der Waals surface area contributed by atoms with Crippen LogP contribution in [0, 0.1) is 0 Å². The van der Waals surface area contributed by atoms with Gasteiger partial charge >= 0.3 is 0 Å². The number of nitrogens with one attached hydrogen (secondary N) is 1. The third-order valence-corrected chi connectivity index (χ3v) is 4.48. The number of ether oxygens (including phenoxy) is 2. The maximum Gasteiger partial charge on any atom is 0.228 e. The number of likely N-dealkylation sites (tertiary alicyclic amines) is 1. The van der Waals surface area contributed by atoms with Gasteiger partial charge in [0.1, 0.15) is 6.54 Å². The van der Waals surface area contributed by atoms with Crippen molar-refractivity contribution in [3.05, 3.63) is 24.3 Å². The Kier molecular flexibility index (Phi) is 4.12. The molecular formula is C16H23N2O3+. The quantitative estimate of drug-likeness (QED) is 0.640. The highest BCUT2D eigenvalue weighted by Crippen LogP contribution is 2.38. The van der Waals surface area contributed by atoms with Gasteiger partial charge in [0.25, 0.3) is 0 Å². The molecule has 0 saturated carbocycles. The summed E-state index contributed by atoms with van der Waals surface area (Å²) in [6, 6.07) is 8.20. The largest absolute Gasteiger partial charge is 0.464 e. The van der Waals surface area contributed by atoms with Crippen molar-refractivity contribution in [3.63, 3.8) is 0 Å². The van der Waals surface area contributed by atoms with Crippen LogP contribution in [0.3, 0.4) is 0 Å². The Labute approximate surface area is 125 Å². The summed E-state index contributed by atoms with van der Waals surface area (Å²) in [6.07, 6.45) is 2.74. The number of methoxy groups -OCH3 is 1. The second kappa shape index (κ2) is 6.03. The Morgan fingerprint density at radius 2 is 2.00 bits per heavy atom. The lowest BCUT2D eigenvalue weighted by Crippen LogP contribution is -2.53. The van der Waals surface area contributed by atoms with Crippen molar-refractivity contribution >= 4 is 11.6 Å². The van der Waals surface area contributed by atoms with E-state index in [-0.39, 0.29) is 12.1 Å². The van der Waals surface area contributed by atoms with E-state index in [9.17, 15) is 4.79 Å². The Morgan fingerprint density at radius 1 is 1.29 bits per heavy atom. The van der Waals surface area contributed by atoms with Crippen LogP contribution in [0.4, 0.5) is 5.69 Å². The average Bonchev–Trinajstić information content (AvgIpc) is 2.94. The molecule has 0 aliphatic carbocycles. The fourth-order valence-corrected chi connectivity index (χ4v) is 3.29. The number of carbonyl (C=O) groups excluding carboxylic acids is 1. The Balaban J connectivity index is 1.83. The number of β-lactam (4-membered cyclic amide) rings is 1. The van der Waals surface area contributed by atoms with E-state index >= 15 is 0 Å². The summed E-state index contributed by atoms with van der Waals surface area (Å²) in [5.41, 5.74) is 1.22. The first-order valence-corrected chi connectivity index (χ1v) is 7.64. The molecule has 3 rings (SSSR count). The van der Waals surface area contributed by atoms with Crippen molar-refractivity contribution < 1.29 is 14.3 Å². The van der Waals surface area contributed by atoms with E-state index in [0.29, 0.717) is 6.42 Å². The van der Waals surface area contributed by atoms with Gasteiger partial charge in [-0.3, -0.25) is 9.28 Å². The minimum atomic E-state index is -0.177. The Hall–Kier alpha value is -1.59. The zero-order chi connectivity index (χ0) is 14.7.